The quantitative estimate of drug-likeness (QED) is 0.375. The molecule has 0 bridgehead atoms. The summed E-state index contributed by atoms with van der Waals surface area (Å²) in [7, 11) is -2.42. The van der Waals surface area contributed by atoms with Gasteiger partial charge in [-0.05, 0) is 43.2 Å². The van der Waals surface area contributed by atoms with Gasteiger partial charge in [-0.3, -0.25) is 9.20 Å². The molecule has 0 spiro atoms. The number of fused-ring (bicyclic) bond motifs is 3. The average Bonchev–Trinajstić information content (AvgIpc) is 3.50. The maximum atomic E-state index is 13.1. The van der Waals surface area contributed by atoms with Crippen molar-refractivity contribution in [2.24, 2.45) is 0 Å². The average molecular weight is 500 g/mol. The lowest BCUT2D eigenvalue weighted by Gasteiger charge is -2.18. The Balaban J connectivity index is 1.40. The van der Waals surface area contributed by atoms with E-state index >= 15 is 0 Å². The van der Waals surface area contributed by atoms with Gasteiger partial charge in [0.05, 0.1) is 28.6 Å². The minimum Gasteiger partial charge on any atom is -0.495 e. The number of methoxy groups -OCH3 is 1. The van der Waals surface area contributed by atoms with Gasteiger partial charge in [0.25, 0.3) is 5.56 Å². The molecule has 0 unspecified atom stereocenters. The summed E-state index contributed by atoms with van der Waals surface area (Å²) in [5, 5.41) is 0. The fourth-order valence-corrected chi connectivity index (χ4v) is 6.74. The number of hydrogen-bond acceptors (Lipinski definition) is 8. The molecule has 1 aliphatic heterocycles. The minimum atomic E-state index is -3.80. The summed E-state index contributed by atoms with van der Waals surface area (Å²) in [5.74, 6) is -0.563. The van der Waals surface area contributed by atoms with E-state index in [1.165, 1.54) is 51.4 Å². The number of benzene rings is 2. The number of hydrogen-bond donors (Lipinski definition) is 0. The number of sulfonamides is 1. The lowest BCUT2D eigenvalue weighted by Crippen LogP contribution is -2.28. The monoisotopic (exact) mass is 499 g/mol. The Bertz CT molecular complexity index is 1570. The van der Waals surface area contributed by atoms with Crippen LogP contribution < -0.4 is 10.3 Å². The molecule has 0 atom stereocenters. The molecule has 11 heteroatoms. The highest BCUT2D eigenvalue weighted by molar-refractivity contribution is 7.89. The number of aromatic nitrogens is 2. The molecule has 5 rings (SSSR count). The zero-order valence-corrected chi connectivity index (χ0v) is 19.9. The van der Waals surface area contributed by atoms with E-state index in [9.17, 15) is 18.0 Å². The number of rotatable bonds is 6. The topological polar surface area (TPSA) is 107 Å². The molecule has 176 valence electrons. The first-order chi connectivity index (χ1) is 16.4. The van der Waals surface area contributed by atoms with Gasteiger partial charge in [-0.1, -0.05) is 23.5 Å². The molecule has 0 N–H and O–H groups in total. The van der Waals surface area contributed by atoms with Gasteiger partial charge in [-0.25, -0.2) is 18.2 Å². The predicted molar refractivity (Wildman–Crippen MR) is 127 cm³/mol. The second-order valence-electron chi connectivity index (χ2n) is 7.83. The van der Waals surface area contributed by atoms with Gasteiger partial charge in [0.2, 0.25) is 10.0 Å². The highest BCUT2D eigenvalue weighted by atomic mass is 32.2. The fraction of sp³-hybridized carbons (Fsp3) is 0.261. The van der Waals surface area contributed by atoms with E-state index in [2.05, 4.69) is 4.98 Å². The highest BCUT2D eigenvalue weighted by Gasteiger charge is 2.31. The molecule has 1 saturated heterocycles. The van der Waals surface area contributed by atoms with Crippen molar-refractivity contribution in [3.8, 4) is 5.75 Å². The normalized spacial score (nSPS) is 14.6. The van der Waals surface area contributed by atoms with Crippen LogP contribution in [0.4, 0.5) is 0 Å². The van der Waals surface area contributed by atoms with Crippen LogP contribution >= 0.6 is 11.3 Å². The van der Waals surface area contributed by atoms with Crippen LogP contribution in [0.2, 0.25) is 0 Å². The maximum Gasteiger partial charge on any atom is 0.338 e. The number of nitrogens with zero attached hydrogens (tertiary/aromatic N) is 3. The summed E-state index contributed by atoms with van der Waals surface area (Å²) in [5.41, 5.74) is 0.882. The largest absolute Gasteiger partial charge is 0.495 e. The van der Waals surface area contributed by atoms with Gasteiger partial charge in [0.1, 0.15) is 17.3 Å². The number of esters is 1. The molecule has 0 radical (unpaired) electrons. The first kappa shape index (κ1) is 22.5. The van der Waals surface area contributed by atoms with Gasteiger partial charge in [-0.15, -0.1) is 0 Å². The summed E-state index contributed by atoms with van der Waals surface area (Å²) in [6, 6.07) is 13.0. The van der Waals surface area contributed by atoms with Crippen molar-refractivity contribution in [1.82, 2.24) is 13.7 Å². The number of thiazole rings is 1. The van der Waals surface area contributed by atoms with Crippen molar-refractivity contribution in [1.29, 1.82) is 0 Å². The van der Waals surface area contributed by atoms with Crippen molar-refractivity contribution in [3.05, 3.63) is 70.1 Å². The van der Waals surface area contributed by atoms with Crippen LogP contribution in [0.25, 0.3) is 15.2 Å². The van der Waals surface area contributed by atoms with Crippen LogP contribution in [-0.2, 0) is 21.4 Å². The minimum absolute atomic E-state index is 0.0678. The van der Waals surface area contributed by atoms with Crippen molar-refractivity contribution in [2.75, 3.05) is 20.2 Å². The van der Waals surface area contributed by atoms with Gasteiger partial charge < -0.3 is 9.47 Å². The SMILES string of the molecule is COc1ccc(C(=O)OCc2cc(=O)n3c(n2)sc2ccccc23)cc1S(=O)(=O)N1CCCC1. The molecule has 2 aromatic heterocycles. The molecule has 9 nitrogen and oxygen atoms in total. The van der Waals surface area contributed by atoms with Gasteiger partial charge in [0, 0.05) is 19.2 Å². The molecule has 3 heterocycles. The lowest BCUT2D eigenvalue weighted by molar-refractivity contribution is 0.0467. The standard InChI is InChI=1S/C23H21N3O6S2/c1-31-18-9-8-15(12-20(18)34(29,30)25-10-4-5-11-25)22(28)32-14-16-13-21(27)26-17-6-2-3-7-19(17)33-23(26)24-16/h2-3,6-9,12-13H,4-5,10-11,14H2,1H3. The smallest absolute Gasteiger partial charge is 0.338 e. The Morgan fingerprint density at radius 3 is 2.65 bits per heavy atom. The third-order valence-corrected chi connectivity index (χ3v) is 8.62. The second-order valence-corrected chi connectivity index (χ2v) is 10.7. The van der Waals surface area contributed by atoms with Gasteiger partial charge in [-0.2, -0.15) is 4.31 Å². The fourth-order valence-electron chi connectivity index (χ4n) is 3.99. The third-order valence-electron chi connectivity index (χ3n) is 5.68. The molecule has 4 aromatic rings. The Morgan fingerprint density at radius 1 is 1.12 bits per heavy atom. The van der Waals surface area contributed by atoms with E-state index in [4.69, 9.17) is 9.47 Å². The summed E-state index contributed by atoms with van der Waals surface area (Å²) in [6.45, 7) is 0.641. The van der Waals surface area contributed by atoms with Crippen LogP contribution in [-0.4, -0.2) is 48.3 Å². The first-order valence-electron chi connectivity index (χ1n) is 10.6. The second kappa shape index (κ2) is 8.82. The van der Waals surface area contributed by atoms with Crippen LogP contribution in [0.15, 0.2) is 58.2 Å². The Morgan fingerprint density at radius 2 is 1.88 bits per heavy atom. The molecule has 1 fully saturated rings. The van der Waals surface area contributed by atoms with Crippen LogP contribution in [0.1, 0.15) is 28.9 Å². The number of ether oxygens (including phenoxy) is 2. The Kier molecular flexibility index (Phi) is 5.84. The molecule has 0 aliphatic carbocycles. The van der Waals surface area contributed by atoms with Crippen molar-refractivity contribution in [2.45, 2.75) is 24.3 Å². The van der Waals surface area contributed by atoms with E-state index in [0.717, 1.165) is 23.1 Å². The Hall–Kier alpha value is -3.28. The first-order valence-corrected chi connectivity index (χ1v) is 12.9. The zero-order chi connectivity index (χ0) is 23.9. The van der Waals surface area contributed by atoms with Crippen LogP contribution in [0.5, 0.6) is 5.75 Å². The van der Waals surface area contributed by atoms with Crippen LogP contribution in [0.3, 0.4) is 0 Å². The van der Waals surface area contributed by atoms with Crippen molar-refractivity contribution in [3.63, 3.8) is 0 Å². The van der Waals surface area contributed by atoms with Crippen molar-refractivity contribution >= 4 is 42.5 Å². The summed E-state index contributed by atoms with van der Waals surface area (Å²) in [4.78, 5) is 30.3. The lowest BCUT2D eigenvalue weighted by atomic mass is 10.2. The Labute approximate surface area is 199 Å². The molecular formula is C23H21N3O6S2. The molecule has 0 saturated carbocycles. The van der Waals surface area contributed by atoms with Gasteiger partial charge >= 0.3 is 5.97 Å². The summed E-state index contributed by atoms with van der Waals surface area (Å²) < 4.78 is 40.5. The van der Waals surface area contributed by atoms with Crippen molar-refractivity contribution < 1.29 is 22.7 Å². The maximum absolute atomic E-state index is 13.1. The van der Waals surface area contributed by atoms with E-state index in [1.807, 2.05) is 24.3 Å². The predicted octanol–water partition coefficient (Wildman–Crippen LogP) is 3.06. The highest BCUT2D eigenvalue weighted by Crippen LogP contribution is 2.30. The molecule has 1 aliphatic rings. The van der Waals surface area contributed by atoms with E-state index in [-0.39, 0.29) is 28.4 Å². The van der Waals surface area contributed by atoms with Crippen LogP contribution in [0, 0.1) is 0 Å². The molecule has 2 aromatic carbocycles. The molecular weight excluding hydrogens is 478 g/mol. The molecule has 0 amide bonds. The van der Waals surface area contributed by atoms with E-state index in [0.29, 0.717) is 23.7 Å². The third kappa shape index (κ3) is 3.95. The number of para-hydroxylation sites is 1. The summed E-state index contributed by atoms with van der Waals surface area (Å²) in [6.07, 6.45) is 1.58. The van der Waals surface area contributed by atoms with E-state index < -0.39 is 16.0 Å². The van der Waals surface area contributed by atoms with E-state index in [1.54, 1.807) is 0 Å². The number of carbonyl (C=O) groups excluding carboxylic acids is 1. The molecule has 34 heavy (non-hydrogen) atoms. The summed E-state index contributed by atoms with van der Waals surface area (Å²) >= 11 is 1.37. The zero-order valence-electron chi connectivity index (χ0n) is 18.3. The van der Waals surface area contributed by atoms with Gasteiger partial charge in [0.15, 0.2) is 4.96 Å². The number of carbonyl (C=O) groups is 1.